The molecule has 0 unspecified atom stereocenters. The molecule has 0 fully saturated rings. The molecule has 118 valence electrons. The van der Waals surface area contributed by atoms with Crippen LogP contribution in [0.3, 0.4) is 0 Å². The molecule has 1 atom stereocenters. The molecule has 0 aliphatic carbocycles. The molecule has 0 saturated heterocycles. The molecule has 0 saturated carbocycles. The second-order valence-electron chi connectivity index (χ2n) is 5.53. The number of nitrogens with one attached hydrogen (secondary N) is 2. The van der Waals surface area contributed by atoms with Crippen molar-refractivity contribution in [3.63, 3.8) is 0 Å². The highest BCUT2D eigenvalue weighted by molar-refractivity contribution is 5.91. The summed E-state index contributed by atoms with van der Waals surface area (Å²) in [4.78, 5) is 11.9. The Bertz CT molecular complexity index is 623. The van der Waals surface area contributed by atoms with Crippen LogP contribution < -0.4 is 10.6 Å². The van der Waals surface area contributed by atoms with Gasteiger partial charge in [-0.1, -0.05) is 31.1 Å². The van der Waals surface area contributed by atoms with Gasteiger partial charge in [-0.2, -0.15) is 0 Å². The largest absolute Gasteiger partial charge is 0.360 e. The number of hydrogen-bond donors (Lipinski definition) is 2. The molecule has 0 radical (unpaired) electrons. The lowest BCUT2D eigenvalue weighted by atomic mass is 9.96. The van der Waals surface area contributed by atoms with E-state index < -0.39 is 0 Å². The Hall–Kier alpha value is -2.21. The smallest absolute Gasteiger partial charge is 0.239 e. The third-order valence-corrected chi connectivity index (χ3v) is 3.27. The van der Waals surface area contributed by atoms with E-state index >= 15 is 0 Å². The number of aryl methyl sites for hydroxylation is 1. The molecular weight excluding hydrogens is 285 g/mol. The summed E-state index contributed by atoms with van der Waals surface area (Å²) in [6.45, 7) is 5.97. The van der Waals surface area contributed by atoms with Gasteiger partial charge in [-0.3, -0.25) is 4.79 Å². The van der Waals surface area contributed by atoms with E-state index in [0.29, 0.717) is 11.6 Å². The molecular formula is C16H20FN3O2. The first-order valence-electron chi connectivity index (χ1n) is 7.17. The van der Waals surface area contributed by atoms with Crippen LogP contribution in [0.25, 0.3) is 0 Å². The lowest BCUT2D eigenvalue weighted by Crippen LogP contribution is -2.33. The Morgan fingerprint density at radius 1 is 1.32 bits per heavy atom. The number of hydrogen-bond acceptors (Lipinski definition) is 4. The number of amides is 1. The molecule has 5 nitrogen and oxygen atoms in total. The van der Waals surface area contributed by atoms with Crippen molar-refractivity contribution in [3.05, 3.63) is 47.5 Å². The van der Waals surface area contributed by atoms with E-state index in [1.807, 2.05) is 13.8 Å². The van der Waals surface area contributed by atoms with Gasteiger partial charge in [0.15, 0.2) is 5.82 Å². The predicted molar refractivity (Wildman–Crippen MR) is 81.9 cm³/mol. The molecule has 2 N–H and O–H groups in total. The summed E-state index contributed by atoms with van der Waals surface area (Å²) in [7, 11) is 0. The lowest BCUT2D eigenvalue weighted by molar-refractivity contribution is -0.115. The number of nitrogens with zero attached hydrogens (tertiary/aromatic N) is 1. The summed E-state index contributed by atoms with van der Waals surface area (Å²) in [5.74, 6) is 0.806. The average molecular weight is 305 g/mol. The maximum atomic E-state index is 13.0. The van der Waals surface area contributed by atoms with Gasteiger partial charge in [-0.15, -0.1) is 0 Å². The summed E-state index contributed by atoms with van der Waals surface area (Å²) in [5.41, 5.74) is 0.946. The van der Waals surface area contributed by atoms with Gasteiger partial charge in [-0.05, 0) is 30.5 Å². The van der Waals surface area contributed by atoms with Gasteiger partial charge in [-0.25, -0.2) is 4.39 Å². The van der Waals surface area contributed by atoms with Gasteiger partial charge in [0, 0.05) is 12.1 Å². The Balaban J connectivity index is 1.94. The number of benzene rings is 1. The molecule has 2 aromatic rings. The quantitative estimate of drug-likeness (QED) is 0.861. The third kappa shape index (κ3) is 4.39. The zero-order chi connectivity index (χ0) is 16.1. The van der Waals surface area contributed by atoms with Crippen LogP contribution >= 0.6 is 0 Å². The summed E-state index contributed by atoms with van der Waals surface area (Å²) in [6, 6.07) is 7.91. The molecule has 2 rings (SSSR count). The van der Waals surface area contributed by atoms with E-state index in [1.165, 1.54) is 12.1 Å². The number of carbonyl (C=O) groups excluding carboxylic acids is 1. The maximum Gasteiger partial charge on any atom is 0.239 e. The Morgan fingerprint density at radius 3 is 2.55 bits per heavy atom. The van der Waals surface area contributed by atoms with Crippen LogP contribution in [-0.4, -0.2) is 17.6 Å². The van der Waals surface area contributed by atoms with Gasteiger partial charge < -0.3 is 15.2 Å². The highest BCUT2D eigenvalue weighted by Gasteiger charge is 2.17. The summed E-state index contributed by atoms with van der Waals surface area (Å²) >= 11 is 0. The summed E-state index contributed by atoms with van der Waals surface area (Å²) in [6.07, 6.45) is 0. The highest BCUT2D eigenvalue weighted by Crippen LogP contribution is 2.21. The average Bonchev–Trinajstić information content (AvgIpc) is 2.86. The molecule has 1 aromatic heterocycles. The zero-order valence-electron chi connectivity index (χ0n) is 12.9. The summed E-state index contributed by atoms with van der Waals surface area (Å²) < 4.78 is 17.9. The van der Waals surface area contributed by atoms with Gasteiger partial charge in [0.1, 0.15) is 11.6 Å². The molecule has 1 heterocycles. The highest BCUT2D eigenvalue weighted by atomic mass is 19.1. The molecule has 22 heavy (non-hydrogen) atoms. The number of rotatable bonds is 6. The molecule has 1 amide bonds. The Morgan fingerprint density at radius 2 is 2.00 bits per heavy atom. The first-order valence-corrected chi connectivity index (χ1v) is 7.17. The predicted octanol–water partition coefficient (Wildman–Crippen LogP) is 3.05. The molecule has 1 aromatic carbocycles. The monoisotopic (exact) mass is 305 g/mol. The standard InChI is InChI=1S/C16H20FN3O2/c1-10(2)16(12-4-6-13(17)7-5-12)18-9-15(21)19-14-8-11(3)22-20-14/h4-8,10,16,18H,9H2,1-3H3,(H,19,20,21)/t16-/m0/s1. The first-order chi connectivity index (χ1) is 10.5. The van der Waals surface area contributed by atoms with Crippen LogP contribution in [0.15, 0.2) is 34.9 Å². The van der Waals surface area contributed by atoms with Crippen LogP contribution in [0, 0.1) is 18.7 Å². The molecule has 0 spiro atoms. The van der Waals surface area contributed by atoms with E-state index in [2.05, 4.69) is 15.8 Å². The fourth-order valence-corrected chi connectivity index (χ4v) is 2.22. The van der Waals surface area contributed by atoms with Crippen LogP contribution in [-0.2, 0) is 4.79 Å². The van der Waals surface area contributed by atoms with Gasteiger partial charge in [0.2, 0.25) is 5.91 Å². The minimum atomic E-state index is -0.273. The van der Waals surface area contributed by atoms with E-state index in [1.54, 1.807) is 25.1 Å². The fraction of sp³-hybridized carbons (Fsp3) is 0.375. The number of halogens is 1. The van der Waals surface area contributed by atoms with Gasteiger partial charge in [0.05, 0.1) is 6.54 Å². The van der Waals surface area contributed by atoms with Gasteiger partial charge in [0.25, 0.3) is 0 Å². The van der Waals surface area contributed by atoms with Crippen molar-refractivity contribution in [1.29, 1.82) is 0 Å². The fourth-order valence-electron chi connectivity index (χ4n) is 2.22. The van der Waals surface area contributed by atoms with Crippen LogP contribution in [0.5, 0.6) is 0 Å². The second kappa shape index (κ2) is 7.17. The van der Waals surface area contributed by atoms with Crippen molar-refractivity contribution in [3.8, 4) is 0 Å². The lowest BCUT2D eigenvalue weighted by Gasteiger charge is -2.22. The van der Waals surface area contributed by atoms with E-state index in [4.69, 9.17) is 4.52 Å². The maximum absolute atomic E-state index is 13.0. The first kappa shape index (κ1) is 16.2. The molecule has 0 bridgehead atoms. The Labute approximate surface area is 128 Å². The zero-order valence-corrected chi connectivity index (χ0v) is 12.9. The van der Waals surface area contributed by atoms with Crippen LogP contribution in [0.1, 0.15) is 31.2 Å². The van der Waals surface area contributed by atoms with Crippen molar-refractivity contribution in [1.82, 2.24) is 10.5 Å². The second-order valence-corrected chi connectivity index (χ2v) is 5.53. The van der Waals surface area contributed by atoms with Crippen molar-refractivity contribution in [2.75, 3.05) is 11.9 Å². The van der Waals surface area contributed by atoms with E-state index in [9.17, 15) is 9.18 Å². The Kier molecular flexibility index (Phi) is 5.27. The topological polar surface area (TPSA) is 67.2 Å². The third-order valence-electron chi connectivity index (χ3n) is 3.27. The minimum absolute atomic E-state index is 0.0367. The van der Waals surface area contributed by atoms with Gasteiger partial charge >= 0.3 is 0 Å². The number of carbonyl (C=O) groups is 1. The minimum Gasteiger partial charge on any atom is -0.360 e. The van der Waals surface area contributed by atoms with E-state index in [-0.39, 0.29) is 30.2 Å². The normalized spacial score (nSPS) is 12.4. The van der Waals surface area contributed by atoms with E-state index in [0.717, 1.165) is 5.56 Å². The number of aromatic nitrogens is 1. The molecule has 0 aliphatic heterocycles. The molecule has 6 heteroatoms. The van der Waals surface area contributed by atoms with Crippen molar-refractivity contribution >= 4 is 11.7 Å². The van der Waals surface area contributed by atoms with Crippen LogP contribution in [0.4, 0.5) is 10.2 Å². The SMILES string of the molecule is Cc1cc(NC(=O)CN[C@H](c2ccc(F)cc2)C(C)C)no1. The van der Waals surface area contributed by atoms with Crippen molar-refractivity contribution < 1.29 is 13.7 Å². The van der Waals surface area contributed by atoms with Crippen molar-refractivity contribution in [2.45, 2.75) is 26.8 Å². The molecule has 0 aliphatic rings. The summed E-state index contributed by atoms with van der Waals surface area (Å²) in [5, 5.41) is 9.55. The van der Waals surface area contributed by atoms with Crippen LogP contribution in [0.2, 0.25) is 0 Å². The van der Waals surface area contributed by atoms with Crippen molar-refractivity contribution in [2.24, 2.45) is 5.92 Å². The number of anilines is 1.